The molecular weight excluding hydrogens is 336 g/mol. The van der Waals surface area contributed by atoms with E-state index in [4.69, 9.17) is 0 Å². The van der Waals surface area contributed by atoms with Gasteiger partial charge in [0.15, 0.2) is 0 Å². The number of benzene rings is 2. The van der Waals surface area contributed by atoms with E-state index in [-0.39, 0.29) is 11.4 Å². The second kappa shape index (κ2) is 6.33. The maximum Gasteiger partial charge on any atom is 0.416 e. The van der Waals surface area contributed by atoms with E-state index >= 15 is 0 Å². The van der Waals surface area contributed by atoms with Crippen LogP contribution in [0.15, 0.2) is 48.7 Å². The standard InChI is InChI=1S/C18H14F4N2O/c1-10-5-6-12(8-14(10)19)16(25)17-23-9-15(24-17)11-3-2-4-13(7-11)18(20,21)22/h2-9,16,25H,1H3,(H,23,24). The van der Waals surface area contributed by atoms with Crippen LogP contribution in [0.4, 0.5) is 17.6 Å². The number of aromatic amines is 1. The molecule has 0 fully saturated rings. The van der Waals surface area contributed by atoms with E-state index in [1.54, 1.807) is 13.0 Å². The van der Waals surface area contributed by atoms with Gasteiger partial charge in [-0.05, 0) is 36.2 Å². The first kappa shape index (κ1) is 17.2. The smallest absolute Gasteiger partial charge is 0.380 e. The van der Waals surface area contributed by atoms with Crippen LogP contribution in [-0.4, -0.2) is 15.1 Å². The predicted molar refractivity (Wildman–Crippen MR) is 84.2 cm³/mol. The van der Waals surface area contributed by atoms with Crippen LogP contribution in [0.2, 0.25) is 0 Å². The number of aliphatic hydroxyl groups is 1. The van der Waals surface area contributed by atoms with Gasteiger partial charge in [0.1, 0.15) is 17.7 Å². The highest BCUT2D eigenvalue weighted by Gasteiger charge is 2.30. The van der Waals surface area contributed by atoms with Gasteiger partial charge in [-0.25, -0.2) is 9.37 Å². The molecule has 0 bridgehead atoms. The number of aliphatic hydroxyl groups excluding tert-OH is 1. The Balaban J connectivity index is 1.91. The van der Waals surface area contributed by atoms with Gasteiger partial charge in [0.05, 0.1) is 17.5 Å². The molecule has 0 saturated carbocycles. The highest BCUT2D eigenvalue weighted by Crippen LogP contribution is 2.32. The summed E-state index contributed by atoms with van der Waals surface area (Å²) in [4.78, 5) is 6.79. The number of hydrogen-bond acceptors (Lipinski definition) is 2. The molecule has 1 aromatic heterocycles. The summed E-state index contributed by atoms with van der Waals surface area (Å²) >= 11 is 0. The van der Waals surface area contributed by atoms with E-state index in [0.717, 1.165) is 12.1 Å². The molecular formula is C18H14F4N2O. The van der Waals surface area contributed by atoms with E-state index in [1.165, 1.54) is 30.5 Å². The van der Waals surface area contributed by atoms with Crippen LogP contribution >= 0.6 is 0 Å². The topological polar surface area (TPSA) is 48.9 Å². The molecule has 130 valence electrons. The molecule has 0 saturated heterocycles. The molecule has 0 aliphatic heterocycles. The largest absolute Gasteiger partial charge is 0.416 e. The maximum atomic E-state index is 13.6. The number of halogens is 4. The minimum Gasteiger partial charge on any atom is -0.380 e. The predicted octanol–water partition coefficient (Wildman–Crippen LogP) is 4.62. The molecule has 0 radical (unpaired) electrons. The number of aromatic nitrogens is 2. The molecule has 3 rings (SSSR count). The highest BCUT2D eigenvalue weighted by molar-refractivity contribution is 5.60. The quantitative estimate of drug-likeness (QED) is 0.677. The van der Waals surface area contributed by atoms with Gasteiger partial charge in [0.25, 0.3) is 0 Å². The van der Waals surface area contributed by atoms with Gasteiger partial charge in [-0.3, -0.25) is 0 Å². The lowest BCUT2D eigenvalue weighted by Gasteiger charge is -2.10. The molecule has 1 unspecified atom stereocenters. The summed E-state index contributed by atoms with van der Waals surface area (Å²) in [6.07, 6.45) is -4.33. The summed E-state index contributed by atoms with van der Waals surface area (Å²) in [7, 11) is 0. The summed E-state index contributed by atoms with van der Waals surface area (Å²) in [5, 5.41) is 10.3. The molecule has 1 atom stereocenters. The third kappa shape index (κ3) is 3.56. The number of aryl methyl sites for hydroxylation is 1. The number of imidazole rings is 1. The Morgan fingerprint density at radius 1 is 1.12 bits per heavy atom. The molecule has 0 amide bonds. The van der Waals surface area contributed by atoms with Gasteiger partial charge in [-0.2, -0.15) is 13.2 Å². The Kier molecular flexibility index (Phi) is 4.34. The molecule has 0 aliphatic rings. The minimum atomic E-state index is -4.45. The van der Waals surface area contributed by atoms with Gasteiger partial charge < -0.3 is 10.1 Å². The van der Waals surface area contributed by atoms with Crippen LogP contribution < -0.4 is 0 Å². The number of nitrogens with one attached hydrogen (secondary N) is 1. The number of rotatable bonds is 3. The highest BCUT2D eigenvalue weighted by atomic mass is 19.4. The number of alkyl halides is 3. The van der Waals surface area contributed by atoms with E-state index in [0.29, 0.717) is 16.8 Å². The molecule has 2 aromatic carbocycles. The second-order valence-electron chi connectivity index (χ2n) is 5.67. The Labute approximate surface area is 141 Å². The first-order chi connectivity index (χ1) is 11.8. The zero-order chi connectivity index (χ0) is 18.2. The number of H-pyrrole nitrogens is 1. The van der Waals surface area contributed by atoms with E-state index < -0.39 is 23.7 Å². The Morgan fingerprint density at radius 3 is 2.56 bits per heavy atom. The summed E-state index contributed by atoms with van der Waals surface area (Å²) in [6, 6.07) is 9.07. The Bertz CT molecular complexity index is 902. The normalized spacial score (nSPS) is 13.0. The van der Waals surface area contributed by atoms with Crippen molar-refractivity contribution in [2.75, 3.05) is 0 Å². The zero-order valence-electron chi connectivity index (χ0n) is 13.1. The number of nitrogens with zero attached hydrogens (tertiary/aromatic N) is 1. The van der Waals surface area contributed by atoms with Gasteiger partial charge in [-0.15, -0.1) is 0 Å². The van der Waals surface area contributed by atoms with Crippen LogP contribution in [0.1, 0.15) is 28.6 Å². The summed E-state index contributed by atoms with van der Waals surface area (Å²) in [6.45, 7) is 1.60. The SMILES string of the molecule is Cc1ccc(C(O)c2ncc(-c3cccc(C(F)(F)F)c3)[nH]2)cc1F. The van der Waals surface area contributed by atoms with Crippen LogP contribution in [-0.2, 0) is 6.18 Å². The first-order valence-electron chi connectivity index (χ1n) is 7.42. The monoisotopic (exact) mass is 350 g/mol. The van der Waals surface area contributed by atoms with Crippen LogP contribution in [0, 0.1) is 12.7 Å². The summed E-state index contributed by atoms with van der Waals surface area (Å²) in [5.74, 6) is -0.336. The molecule has 0 aliphatic carbocycles. The molecule has 25 heavy (non-hydrogen) atoms. The van der Waals surface area contributed by atoms with Gasteiger partial charge in [0, 0.05) is 5.56 Å². The number of hydrogen-bond donors (Lipinski definition) is 2. The lowest BCUT2D eigenvalue weighted by molar-refractivity contribution is -0.137. The van der Waals surface area contributed by atoms with E-state index in [9.17, 15) is 22.7 Å². The van der Waals surface area contributed by atoms with E-state index in [2.05, 4.69) is 9.97 Å². The molecule has 0 spiro atoms. The van der Waals surface area contributed by atoms with Gasteiger partial charge in [-0.1, -0.05) is 24.3 Å². The average Bonchev–Trinajstić information content (AvgIpc) is 3.06. The van der Waals surface area contributed by atoms with Crippen molar-refractivity contribution >= 4 is 0 Å². The van der Waals surface area contributed by atoms with Crippen molar-refractivity contribution in [1.82, 2.24) is 9.97 Å². The van der Waals surface area contributed by atoms with Crippen molar-refractivity contribution in [3.63, 3.8) is 0 Å². The van der Waals surface area contributed by atoms with Crippen molar-refractivity contribution in [3.05, 3.63) is 77.0 Å². The van der Waals surface area contributed by atoms with Crippen molar-refractivity contribution in [3.8, 4) is 11.3 Å². The Hall–Kier alpha value is -2.67. The zero-order valence-corrected chi connectivity index (χ0v) is 13.1. The molecule has 1 heterocycles. The maximum absolute atomic E-state index is 13.6. The Morgan fingerprint density at radius 2 is 1.88 bits per heavy atom. The fraction of sp³-hybridized carbons (Fsp3) is 0.167. The first-order valence-corrected chi connectivity index (χ1v) is 7.42. The lowest BCUT2D eigenvalue weighted by Crippen LogP contribution is -2.04. The molecule has 3 nitrogen and oxygen atoms in total. The third-order valence-corrected chi connectivity index (χ3v) is 3.87. The molecule has 2 N–H and O–H groups in total. The van der Waals surface area contributed by atoms with Crippen LogP contribution in [0.5, 0.6) is 0 Å². The van der Waals surface area contributed by atoms with Crippen molar-refractivity contribution in [1.29, 1.82) is 0 Å². The van der Waals surface area contributed by atoms with Crippen LogP contribution in [0.3, 0.4) is 0 Å². The second-order valence-corrected chi connectivity index (χ2v) is 5.67. The minimum absolute atomic E-state index is 0.121. The molecule has 3 aromatic rings. The van der Waals surface area contributed by atoms with Gasteiger partial charge in [0.2, 0.25) is 0 Å². The van der Waals surface area contributed by atoms with E-state index in [1.807, 2.05) is 0 Å². The van der Waals surface area contributed by atoms with Crippen molar-refractivity contribution < 1.29 is 22.7 Å². The summed E-state index contributed by atoms with van der Waals surface area (Å²) < 4.78 is 52.1. The van der Waals surface area contributed by atoms with Crippen LogP contribution in [0.25, 0.3) is 11.3 Å². The fourth-order valence-corrected chi connectivity index (χ4v) is 2.42. The van der Waals surface area contributed by atoms with Crippen molar-refractivity contribution in [2.45, 2.75) is 19.2 Å². The lowest BCUT2D eigenvalue weighted by atomic mass is 10.1. The van der Waals surface area contributed by atoms with Crippen molar-refractivity contribution in [2.24, 2.45) is 0 Å². The molecule has 7 heteroatoms. The van der Waals surface area contributed by atoms with Gasteiger partial charge >= 0.3 is 6.18 Å². The summed E-state index contributed by atoms with van der Waals surface area (Å²) in [5.41, 5.74) is 0.582. The average molecular weight is 350 g/mol. The third-order valence-electron chi connectivity index (χ3n) is 3.87. The fourth-order valence-electron chi connectivity index (χ4n) is 2.42.